The van der Waals surface area contributed by atoms with E-state index in [1.807, 2.05) is 13.1 Å². The summed E-state index contributed by atoms with van der Waals surface area (Å²) in [4.78, 5) is 22.6. The number of hydrogen-bond donors (Lipinski definition) is 1. The van der Waals surface area contributed by atoms with Crippen molar-refractivity contribution in [2.75, 3.05) is 18.1 Å². The summed E-state index contributed by atoms with van der Waals surface area (Å²) >= 11 is 0. The second-order valence-electron chi connectivity index (χ2n) is 6.63. The third kappa shape index (κ3) is 2.02. The van der Waals surface area contributed by atoms with Gasteiger partial charge in [-0.15, -0.1) is 0 Å². The van der Waals surface area contributed by atoms with Gasteiger partial charge in [-0.1, -0.05) is 18.2 Å². The highest BCUT2D eigenvalue weighted by Crippen LogP contribution is 2.46. The number of esters is 1. The number of H-pyrrole nitrogens is 1. The van der Waals surface area contributed by atoms with Crippen molar-refractivity contribution in [2.24, 2.45) is 0 Å². The van der Waals surface area contributed by atoms with E-state index in [1.54, 1.807) is 6.20 Å². The van der Waals surface area contributed by atoms with Gasteiger partial charge < -0.3 is 14.6 Å². The van der Waals surface area contributed by atoms with Gasteiger partial charge in [0, 0.05) is 35.8 Å². The Morgan fingerprint density at radius 2 is 2.20 bits per heavy atom. The van der Waals surface area contributed by atoms with E-state index in [-0.39, 0.29) is 12.0 Å². The molecule has 1 N–H and O–H groups in total. The van der Waals surface area contributed by atoms with Crippen molar-refractivity contribution < 1.29 is 9.53 Å². The summed E-state index contributed by atoms with van der Waals surface area (Å²) in [6.45, 7) is 3.15. The lowest BCUT2D eigenvalue weighted by Gasteiger charge is -2.32. The van der Waals surface area contributed by atoms with E-state index >= 15 is 0 Å². The summed E-state index contributed by atoms with van der Waals surface area (Å²) in [5.41, 5.74) is 6.61. The Kier molecular flexibility index (Phi) is 3.10. The first-order valence-electron chi connectivity index (χ1n) is 8.78. The van der Waals surface area contributed by atoms with Gasteiger partial charge >= 0.3 is 5.97 Å². The normalized spacial score (nSPS) is 18.0. The van der Waals surface area contributed by atoms with Crippen molar-refractivity contribution in [1.82, 2.24) is 9.97 Å². The predicted molar refractivity (Wildman–Crippen MR) is 96.0 cm³/mol. The molecule has 0 saturated carbocycles. The average molecular weight is 333 g/mol. The van der Waals surface area contributed by atoms with E-state index < -0.39 is 0 Å². The van der Waals surface area contributed by atoms with Gasteiger partial charge in [-0.25, -0.2) is 4.79 Å². The summed E-state index contributed by atoms with van der Waals surface area (Å²) in [6.07, 6.45) is 5.33. The van der Waals surface area contributed by atoms with Crippen LogP contribution in [0.15, 0.2) is 36.7 Å². The Balaban J connectivity index is 1.61. The topological polar surface area (TPSA) is 58.2 Å². The van der Waals surface area contributed by atoms with Gasteiger partial charge in [-0.05, 0) is 30.5 Å². The van der Waals surface area contributed by atoms with Gasteiger partial charge in [-0.2, -0.15) is 0 Å². The molecule has 0 bridgehead atoms. The number of ether oxygens (including phenoxy) is 1. The fraction of sp³-hybridized carbons (Fsp3) is 0.300. The number of aromatic amines is 1. The van der Waals surface area contributed by atoms with Crippen LogP contribution in [0.3, 0.4) is 0 Å². The molecular formula is C20H19N3O2. The summed E-state index contributed by atoms with van der Waals surface area (Å²) in [5, 5.41) is 1.32. The maximum atomic E-state index is 12.3. The molecule has 2 aromatic heterocycles. The van der Waals surface area contributed by atoms with Crippen molar-refractivity contribution in [3.8, 4) is 0 Å². The quantitative estimate of drug-likeness (QED) is 0.730. The maximum Gasteiger partial charge on any atom is 0.340 e. The minimum Gasteiger partial charge on any atom is -0.462 e. The van der Waals surface area contributed by atoms with E-state index in [9.17, 15) is 4.79 Å². The summed E-state index contributed by atoms with van der Waals surface area (Å²) in [7, 11) is 0. The molecule has 1 atom stereocenters. The first kappa shape index (κ1) is 14.5. The van der Waals surface area contributed by atoms with Gasteiger partial charge in [0.05, 0.1) is 30.1 Å². The van der Waals surface area contributed by atoms with E-state index in [2.05, 4.69) is 39.1 Å². The first-order valence-corrected chi connectivity index (χ1v) is 8.78. The summed E-state index contributed by atoms with van der Waals surface area (Å²) < 4.78 is 5.22. The smallest absolute Gasteiger partial charge is 0.340 e. The molecule has 2 aliphatic heterocycles. The molecule has 0 unspecified atom stereocenters. The number of aromatic nitrogens is 2. The second-order valence-corrected chi connectivity index (χ2v) is 6.63. The molecule has 1 aromatic carbocycles. The van der Waals surface area contributed by atoms with E-state index in [0.29, 0.717) is 12.2 Å². The van der Waals surface area contributed by atoms with Crippen LogP contribution >= 0.6 is 0 Å². The lowest BCUT2D eigenvalue weighted by atomic mass is 9.96. The Morgan fingerprint density at radius 3 is 3.08 bits per heavy atom. The number of carbonyl (C=O) groups is 1. The lowest BCUT2D eigenvalue weighted by molar-refractivity contribution is 0.0525. The number of rotatable bonds is 2. The largest absolute Gasteiger partial charge is 0.462 e. The van der Waals surface area contributed by atoms with Crippen LogP contribution in [-0.4, -0.2) is 29.1 Å². The van der Waals surface area contributed by atoms with Crippen LogP contribution in [0.5, 0.6) is 0 Å². The number of nitrogens with zero attached hydrogens (tertiary/aromatic N) is 2. The molecule has 0 aliphatic carbocycles. The van der Waals surface area contributed by atoms with E-state index in [4.69, 9.17) is 4.74 Å². The third-order valence-electron chi connectivity index (χ3n) is 5.40. The fourth-order valence-corrected chi connectivity index (χ4v) is 4.34. The molecule has 5 rings (SSSR count). The van der Waals surface area contributed by atoms with Crippen molar-refractivity contribution in [1.29, 1.82) is 0 Å². The number of nitrogens with one attached hydrogen (secondary N) is 1. The number of anilines is 1. The highest BCUT2D eigenvalue weighted by Gasteiger charge is 2.38. The van der Waals surface area contributed by atoms with Crippen LogP contribution in [0.4, 0.5) is 5.69 Å². The lowest BCUT2D eigenvalue weighted by Crippen LogP contribution is -2.32. The molecule has 0 amide bonds. The number of fused-ring (bicyclic) bond motifs is 7. The Morgan fingerprint density at radius 1 is 1.32 bits per heavy atom. The zero-order chi connectivity index (χ0) is 17.0. The molecule has 5 nitrogen and oxygen atoms in total. The van der Waals surface area contributed by atoms with Crippen molar-refractivity contribution >= 4 is 22.6 Å². The van der Waals surface area contributed by atoms with Crippen molar-refractivity contribution in [2.45, 2.75) is 25.8 Å². The average Bonchev–Trinajstić information content (AvgIpc) is 3.19. The zero-order valence-corrected chi connectivity index (χ0v) is 14.1. The monoisotopic (exact) mass is 333 g/mol. The second kappa shape index (κ2) is 5.34. The van der Waals surface area contributed by atoms with E-state index in [1.165, 1.54) is 22.2 Å². The number of hydrogen-bond acceptors (Lipinski definition) is 4. The fourth-order valence-electron chi connectivity index (χ4n) is 4.34. The van der Waals surface area contributed by atoms with Crippen LogP contribution in [0.1, 0.15) is 40.1 Å². The number of para-hydroxylation sites is 1. The molecule has 5 heteroatoms. The Bertz CT molecular complexity index is 992. The molecule has 4 heterocycles. The number of benzene rings is 1. The molecule has 25 heavy (non-hydrogen) atoms. The van der Waals surface area contributed by atoms with Crippen LogP contribution < -0.4 is 4.90 Å². The predicted octanol–water partition coefficient (Wildman–Crippen LogP) is 3.40. The third-order valence-corrected chi connectivity index (χ3v) is 5.40. The highest BCUT2D eigenvalue weighted by atomic mass is 16.5. The number of pyridine rings is 1. The minimum atomic E-state index is -0.274. The molecule has 0 spiro atoms. The van der Waals surface area contributed by atoms with Crippen LogP contribution in [-0.2, 0) is 17.6 Å². The standard InChI is InChI=1S/C20H19N3O2/c1-2-25-20(24)15-10-21-11-18-14(15)9-17-19-13(7-8-23(17)18)12-5-3-4-6-16(12)22-19/h3-6,10-11,17,22H,2,7-9H2,1H3/t17-/m0/s1. The summed E-state index contributed by atoms with van der Waals surface area (Å²) in [6, 6.07) is 8.71. The Hall–Kier alpha value is -2.82. The molecular weight excluding hydrogens is 314 g/mol. The highest BCUT2D eigenvalue weighted by molar-refractivity contribution is 5.93. The first-order chi connectivity index (χ1) is 12.3. The van der Waals surface area contributed by atoms with Gasteiger partial charge in [0.25, 0.3) is 0 Å². The summed E-state index contributed by atoms with van der Waals surface area (Å²) in [5.74, 6) is -0.274. The maximum absolute atomic E-state index is 12.3. The SMILES string of the molecule is CCOC(=O)c1cncc2c1C[C@H]1c3[nH]c4ccccc4c3CCN21. The molecule has 0 radical (unpaired) electrons. The van der Waals surface area contributed by atoms with Crippen LogP contribution in [0.25, 0.3) is 10.9 Å². The van der Waals surface area contributed by atoms with Crippen LogP contribution in [0.2, 0.25) is 0 Å². The molecule has 2 aliphatic rings. The van der Waals surface area contributed by atoms with Crippen molar-refractivity contribution in [3.63, 3.8) is 0 Å². The minimum absolute atomic E-state index is 0.239. The molecule has 3 aromatic rings. The Labute approximate surface area is 145 Å². The zero-order valence-electron chi connectivity index (χ0n) is 14.1. The van der Waals surface area contributed by atoms with Gasteiger partial charge in [0.1, 0.15) is 0 Å². The molecule has 0 saturated heterocycles. The van der Waals surface area contributed by atoms with E-state index in [0.717, 1.165) is 30.6 Å². The van der Waals surface area contributed by atoms with Gasteiger partial charge in [0.2, 0.25) is 0 Å². The van der Waals surface area contributed by atoms with Gasteiger partial charge in [-0.3, -0.25) is 4.98 Å². The molecule has 126 valence electrons. The van der Waals surface area contributed by atoms with Gasteiger partial charge in [0.15, 0.2) is 0 Å². The molecule has 0 fully saturated rings. The number of carbonyl (C=O) groups excluding carboxylic acids is 1. The van der Waals surface area contributed by atoms with Crippen molar-refractivity contribution in [3.05, 3.63) is 59.0 Å². The van der Waals surface area contributed by atoms with Crippen LogP contribution in [0, 0.1) is 0 Å².